The van der Waals surface area contributed by atoms with Gasteiger partial charge >= 0.3 is 0 Å². The molecule has 0 aromatic carbocycles. The van der Waals surface area contributed by atoms with Crippen LogP contribution < -0.4 is 5.73 Å². The zero-order valence-corrected chi connectivity index (χ0v) is 7.78. The Morgan fingerprint density at radius 1 is 1.23 bits per heavy atom. The summed E-state index contributed by atoms with van der Waals surface area (Å²) in [7, 11) is 0. The van der Waals surface area contributed by atoms with Crippen LogP contribution >= 0.6 is 0 Å². The molecule has 2 aliphatic heterocycles. The van der Waals surface area contributed by atoms with Gasteiger partial charge in [-0.05, 0) is 12.8 Å². The van der Waals surface area contributed by atoms with Gasteiger partial charge in [0.1, 0.15) is 6.10 Å². The Balaban J connectivity index is 1.59. The Bertz CT molecular complexity index is 161. The maximum atomic E-state index is 5.64. The van der Waals surface area contributed by atoms with Crippen molar-refractivity contribution in [2.24, 2.45) is 5.73 Å². The lowest BCUT2D eigenvalue weighted by Crippen LogP contribution is -2.38. The fraction of sp³-hybridized carbons (Fsp3) is 1.00. The first-order valence-electron chi connectivity index (χ1n) is 4.93. The van der Waals surface area contributed by atoms with Gasteiger partial charge in [-0.2, -0.15) is 0 Å². The molecule has 2 aliphatic rings. The molecule has 13 heavy (non-hydrogen) atoms. The molecule has 0 bridgehead atoms. The minimum absolute atomic E-state index is 0.256. The second kappa shape index (κ2) is 4.37. The molecule has 0 amide bonds. The zero-order valence-electron chi connectivity index (χ0n) is 7.78. The predicted octanol–water partition coefficient (Wildman–Crippen LogP) is -0.0919. The molecule has 0 saturated carbocycles. The van der Waals surface area contributed by atoms with Crippen molar-refractivity contribution in [1.82, 2.24) is 0 Å². The quantitative estimate of drug-likeness (QED) is 0.668. The van der Waals surface area contributed by atoms with E-state index >= 15 is 0 Å². The topological polar surface area (TPSA) is 53.7 Å². The van der Waals surface area contributed by atoms with E-state index in [4.69, 9.17) is 19.9 Å². The van der Waals surface area contributed by atoms with Gasteiger partial charge in [0.2, 0.25) is 0 Å². The molecular formula is C9H17NO3. The van der Waals surface area contributed by atoms with Crippen molar-refractivity contribution < 1.29 is 14.2 Å². The SMILES string of the molecule is NCC1CCC(COC2COC2)O1. The smallest absolute Gasteiger partial charge is 0.104 e. The number of hydrogen-bond donors (Lipinski definition) is 1. The molecule has 2 heterocycles. The van der Waals surface area contributed by atoms with Crippen LogP contribution in [-0.4, -0.2) is 44.7 Å². The van der Waals surface area contributed by atoms with Gasteiger partial charge in [0.15, 0.2) is 0 Å². The summed E-state index contributed by atoms with van der Waals surface area (Å²) in [6, 6.07) is 0. The van der Waals surface area contributed by atoms with Gasteiger partial charge in [0.05, 0.1) is 32.0 Å². The molecule has 0 aromatic rings. The van der Waals surface area contributed by atoms with Crippen LogP contribution in [0, 0.1) is 0 Å². The van der Waals surface area contributed by atoms with Crippen LogP contribution in [0.25, 0.3) is 0 Å². The van der Waals surface area contributed by atoms with Crippen molar-refractivity contribution in [3.05, 3.63) is 0 Å². The molecular weight excluding hydrogens is 170 g/mol. The number of nitrogens with two attached hydrogens (primary N) is 1. The Morgan fingerprint density at radius 3 is 2.54 bits per heavy atom. The highest BCUT2D eigenvalue weighted by atomic mass is 16.6. The van der Waals surface area contributed by atoms with Crippen LogP contribution in [0.5, 0.6) is 0 Å². The number of rotatable bonds is 4. The Hall–Kier alpha value is -0.160. The average molecular weight is 187 g/mol. The van der Waals surface area contributed by atoms with Gasteiger partial charge < -0.3 is 19.9 Å². The normalized spacial score (nSPS) is 34.8. The Labute approximate surface area is 78.3 Å². The largest absolute Gasteiger partial charge is 0.376 e. The van der Waals surface area contributed by atoms with E-state index in [0.29, 0.717) is 19.3 Å². The van der Waals surface area contributed by atoms with Crippen LogP contribution in [0.15, 0.2) is 0 Å². The van der Waals surface area contributed by atoms with E-state index in [0.717, 1.165) is 26.1 Å². The summed E-state index contributed by atoms with van der Waals surface area (Å²) in [4.78, 5) is 0. The van der Waals surface area contributed by atoms with Crippen molar-refractivity contribution in [3.8, 4) is 0 Å². The van der Waals surface area contributed by atoms with E-state index in [1.54, 1.807) is 0 Å². The fourth-order valence-electron chi connectivity index (χ4n) is 1.63. The van der Waals surface area contributed by atoms with Crippen LogP contribution in [0.3, 0.4) is 0 Å². The third kappa shape index (κ3) is 2.40. The Morgan fingerprint density at radius 2 is 2.00 bits per heavy atom. The van der Waals surface area contributed by atoms with Gasteiger partial charge in [0, 0.05) is 6.54 Å². The Kier molecular flexibility index (Phi) is 3.16. The maximum Gasteiger partial charge on any atom is 0.104 e. The highest BCUT2D eigenvalue weighted by Gasteiger charge is 2.26. The third-order valence-corrected chi connectivity index (χ3v) is 2.58. The highest BCUT2D eigenvalue weighted by molar-refractivity contribution is 4.75. The van der Waals surface area contributed by atoms with Gasteiger partial charge in [-0.15, -0.1) is 0 Å². The van der Waals surface area contributed by atoms with Gasteiger partial charge in [0.25, 0.3) is 0 Å². The van der Waals surface area contributed by atoms with Gasteiger partial charge in [-0.25, -0.2) is 0 Å². The summed E-state index contributed by atoms with van der Waals surface area (Å²) in [6.07, 6.45) is 2.97. The lowest BCUT2D eigenvalue weighted by molar-refractivity contribution is -0.146. The molecule has 2 rings (SSSR count). The minimum Gasteiger partial charge on any atom is -0.376 e. The molecule has 0 spiro atoms. The highest BCUT2D eigenvalue weighted by Crippen LogP contribution is 2.20. The van der Waals surface area contributed by atoms with E-state index < -0.39 is 0 Å². The zero-order chi connectivity index (χ0) is 9.10. The summed E-state index contributed by atoms with van der Waals surface area (Å²) >= 11 is 0. The molecule has 76 valence electrons. The van der Waals surface area contributed by atoms with E-state index in [2.05, 4.69) is 0 Å². The van der Waals surface area contributed by atoms with Crippen LogP contribution in [0.1, 0.15) is 12.8 Å². The van der Waals surface area contributed by atoms with E-state index in [-0.39, 0.29) is 12.2 Å². The summed E-state index contributed by atoms with van der Waals surface area (Å²) in [5.74, 6) is 0. The molecule has 2 fully saturated rings. The lowest BCUT2D eigenvalue weighted by Gasteiger charge is -2.27. The van der Waals surface area contributed by atoms with Crippen molar-refractivity contribution in [2.45, 2.75) is 31.2 Å². The summed E-state index contributed by atoms with van der Waals surface area (Å²) in [5.41, 5.74) is 5.50. The molecule has 4 heteroatoms. The monoisotopic (exact) mass is 187 g/mol. The number of ether oxygens (including phenoxy) is 3. The molecule has 2 N–H and O–H groups in total. The first-order chi connectivity index (χ1) is 6.38. The molecule has 2 atom stereocenters. The van der Waals surface area contributed by atoms with E-state index in [1.807, 2.05) is 0 Å². The molecule has 2 unspecified atom stereocenters. The van der Waals surface area contributed by atoms with Crippen molar-refractivity contribution >= 4 is 0 Å². The van der Waals surface area contributed by atoms with Crippen molar-refractivity contribution in [3.63, 3.8) is 0 Å². The standard InChI is InChI=1S/C9H17NO3/c10-3-7-1-2-8(13-7)6-12-9-4-11-5-9/h7-9H,1-6,10H2. The third-order valence-electron chi connectivity index (χ3n) is 2.58. The van der Waals surface area contributed by atoms with Crippen LogP contribution in [-0.2, 0) is 14.2 Å². The first kappa shape index (κ1) is 9.40. The average Bonchev–Trinajstić information content (AvgIpc) is 2.49. The van der Waals surface area contributed by atoms with Crippen LogP contribution in [0.2, 0.25) is 0 Å². The van der Waals surface area contributed by atoms with E-state index in [1.165, 1.54) is 0 Å². The molecule has 2 saturated heterocycles. The number of hydrogen-bond acceptors (Lipinski definition) is 4. The van der Waals surface area contributed by atoms with Crippen molar-refractivity contribution in [1.29, 1.82) is 0 Å². The fourth-order valence-corrected chi connectivity index (χ4v) is 1.63. The first-order valence-corrected chi connectivity index (χ1v) is 4.93. The van der Waals surface area contributed by atoms with Crippen molar-refractivity contribution in [2.75, 3.05) is 26.4 Å². The molecule has 0 aliphatic carbocycles. The summed E-state index contributed by atoms with van der Waals surface area (Å²) in [6.45, 7) is 2.81. The molecule has 0 aromatic heterocycles. The van der Waals surface area contributed by atoms with E-state index in [9.17, 15) is 0 Å². The second-order valence-electron chi connectivity index (χ2n) is 3.69. The lowest BCUT2D eigenvalue weighted by atomic mass is 10.2. The molecule has 0 radical (unpaired) electrons. The predicted molar refractivity (Wildman–Crippen MR) is 47.5 cm³/mol. The summed E-state index contributed by atoms with van der Waals surface area (Å²) in [5, 5.41) is 0. The summed E-state index contributed by atoms with van der Waals surface area (Å²) < 4.78 is 16.2. The minimum atomic E-state index is 0.256. The van der Waals surface area contributed by atoms with Crippen LogP contribution in [0.4, 0.5) is 0 Å². The van der Waals surface area contributed by atoms with Gasteiger partial charge in [-0.3, -0.25) is 0 Å². The maximum absolute atomic E-state index is 5.64. The van der Waals surface area contributed by atoms with Gasteiger partial charge in [-0.1, -0.05) is 0 Å². The second-order valence-corrected chi connectivity index (χ2v) is 3.69. The molecule has 4 nitrogen and oxygen atoms in total.